The molecule has 0 atom stereocenters. The van der Waals surface area contributed by atoms with E-state index in [4.69, 9.17) is 9.47 Å². The van der Waals surface area contributed by atoms with Gasteiger partial charge in [0.25, 0.3) is 10.0 Å². The zero-order valence-corrected chi connectivity index (χ0v) is 14.7. The second kappa shape index (κ2) is 5.67. The molecule has 0 spiro atoms. The first kappa shape index (κ1) is 15.8. The van der Waals surface area contributed by atoms with Crippen LogP contribution in [0.2, 0.25) is 0 Å². The number of hydrogen-bond acceptors (Lipinski definition) is 4. The van der Waals surface area contributed by atoms with E-state index in [1.165, 1.54) is 3.97 Å². The smallest absolute Gasteiger partial charge is 0.268 e. The fraction of sp³-hybridized carbons (Fsp3) is 0.158. The van der Waals surface area contributed by atoms with Crippen molar-refractivity contribution in [1.29, 1.82) is 0 Å². The van der Waals surface area contributed by atoms with E-state index in [1.807, 2.05) is 13.0 Å². The third-order valence-electron chi connectivity index (χ3n) is 4.25. The van der Waals surface area contributed by atoms with Crippen LogP contribution in [0.3, 0.4) is 0 Å². The third-order valence-corrected chi connectivity index (χ3v) is 6.08. The first-order valence-electron chi connectivity index (χ1n) is 7.87. The van der Waals surface area contributed by atoms with E-state index in [-0.39, 0.29) is 11.7 Å². The summed E-state index contributed by atoms with van der Waals surface area (Å²) in [7, 11) is -3.69. The molecule has 0 fully saturated rings. The molecule has 2 heterocycles. The Balaban J connectivity index is 1.87. The predicted octanol–water partition coefficient (Wildman–Crippen LogP) is 3.74. The third kappa shape index (κ3) is 2.59. The van der Waals surface area contributed by atoms with E-state index >= 15 is 0 Å². The zero-order chi connectivity index (χ0) is 17.6. The van der Waals surface area contributed by atoms with Gasteiger partial charge >= 0.3 is 0 Å². The van der Waals surface area contributed by atoms with Crippen molar-refractivity contribution >= 4 is 10.0 Å². The quantitative estimate of drug-likeness (QED) is 0.718. The summed E-state index contributed by atoms with van der Waals surface area (Å²) in [6, 6.07) is 15.9. The Morgan fingerprint density at radius 2 is 1.60 bits per heavy atom. The van der Waals surface area contributed by atoms with Crippen LogP contribution in [0.1, 0.15) is 11.3 Å². The van der Waals surface area contributed by atoms with E-state index in [0.29, 0.717) is 22.9 Å². The summed E-state index contributed by atoms with van der Waals surface area (Å²) in [5.74, 6) is 1.29. The van der Waals surface area contributed by atoms with Crippen molar-refractivity contribution in [3.05, 3.63) is 65.9 Å². The molecule has 0 bridgehead atoms. The van der Waals surface area contributed by atoms with Gasteiger partial charge in [-0.05, 0) is 56.3 Å². The van der Waals surface area contributed by atoms with Gasteiger partial charge in [0.1, 0.15) is 0 Å². The molecule has 6 heteroatoms. The van der Waals surface area contributed by atoms with Gasteiger partial charge in [-0.15, -0.1) is 0 Å². The van der Waals surface area contributed by atoms with E-state index < -0.39 is 10.0 Å². The number of aromatic nitrogens is 1. The average Bonchev–Trinajstić information content (AvgIpc) is 3.21. The molecule has 0 unspecified atom stereocenters. The van der Waals surface area contributed by atoms with Crippen molar-refractivity contribution in [2.45, 2.75) is 18.7 Å². The molecule has 128 valence electrons. The Bertz CT molecular complexity index is 1050. The van der Waals surface area contributed by atoms with Crippen LogP contribution in [0.4, 0.5) is 0 Å². The van der Waals surface area contributed by atoms with Crippen molar-refractivity contribution in [2.24, 2.45) is 0 Å². The number of benzene rings is 2. The van der Waals surface area contributed by atoms with Crippen LogP contribution in [0.5, 0.6) is 11.5 Å². The summed E-state index contributed by atoms with van der Waals surface area (Å²) in [5, 5.41) is 0. The fourth-order valence-corrected chi connectivity index (χ4v) is 4.49. The highest BCUT2D eigenvalue weighted by Crippen LogP contribution is 2.37. The topological polar surface area (TPSA) is 57.5 Å². The second-order valence-corrected chi connectivity index (χ2v) is 7.80. The van der Waals surface area contributed by atoms with Crippen molar-refractivity contribution in [1.82, 2.24) is 3.97 Å². The number of hydrogen-bond donors (Lipinski definition) is 0. The molecular formula is C19H17NO4S. The van der Waals surface area contributed by atoms with E-state index in [0.717, 1.165) is 11.1 Å². The molecule has 1 aromatic heterocycles. The van der Waals surface area contributed by atoms with Gasteiger partial charge in [-0.1, -0.05) is 17.7 Å². The average molecular weight is 355 g/mol. The SMILES string of the molecule is Cc1ccc(S(=O)(=O)n2c(C)ccc2-c2ccc3c(c2)OCO3)cc1. The maximum Gasteiger partial charge on any atom is 0.268 e. The van der Waals surface area contributed by atoms with Crippen molar-refractivity contribution in [2.75, 3.05) is 6.79 Å². The van der Waals surface area contributed by atoms with Crippen LogP contribution < -0.4 is 9.47 Å². The summed E-state index contributed by atoms with van der Waals surface area (Å²) in [5.41, 5.74) is 3.01. The molecule has 1 aliphatic heterocycles. The molecule has 25 heavy (non-hydrogen) atoms. The summed E-state index contributed by atoms with van der Waals surface area (Å²) in [6.07, 6.45) is 0. The molecule has 4 rings (SSSR count). The van der Waals surface area contributed by atoms with Gasteiger partial charge in [0.15, 0.2) is 11.5 Å². The van der Waals surface area contributed by atoms with Crippen LogP contribution in [0, 0.1) is 13.8 Å². The van der Waals surface area contributed by atoms with Gasteiger partial charge in [-0.25, -0.2) is 12.4 Å². The molecule has 2 aromatic carbocycles. The lowest BCUT2D eigenvalue weighted by Gasteiger charge is -2.13. The molecule has 1 aliphatic rings. The summed E-state index contributed by atoms with van der Waals surface area (Å²) >= 11 is 0. The fourth-order valence-electron chi connectivity index (χ4n) is 2.93. The number of aryl methyl sites for hydroxylation is 2. The van der Waals surface area contributed by atoms with Gasteiger partial charge in [-0.3, -0.25) is 0 Å². The second-order valence-electron chi connectivity index (χ2n) is 6.01. The van der Waals surface area contributed by atoms with Gasteiger partial charge in [0.05, 0.1) is 10.6 Å². The van der Waals surface area contributed by atoms with Gasteiger partial charge in [-0.2, -0.15) is 0 Å². The molecule has 3 aromatic rings. The lowest BCUT2D eigenvalue weighted by Crippen LogP contribution is -2.15. The lowest BCUT2D eigenvalue weighted by atomic mass is 10.1. The molecule has 0 amide bonds. The normalized spacial score (nSPS) is 13.2. The van der Waals surface area contributed by atoms with Crippen LogP contribution >= 0.6 is 0 Å². The van der Waals surface area contributed by atoms with E-state index in [9.17, 15) is 8.42 Å². The summed E-state index contributed by atoms with van der Waals surface area (Å²) in [6.45, 7) is 3.89. The number of rotatable bonds is 3. The highest BCUT2D eigenvalue weighted by molar-refractivity contribution is 7.90. The maximum atomic E-state index is 13.2. The Hall–Kier alpha value is -2.73. The minimum Gasteiger partial charge on any atom is -0.454 e. The number of nitrogens with zero attached hydrogens (tertiary/aromatic N) is 1. The van der Waals surface area contributed by atoms with Gasteiger partial charge < -0.3 is 9.47 Å². The minimum atomic E-state index is -3.69. The Morgan fingerprint density at radius 1 is 0.880 bits per heavy atom. The standard InChI is InChI=1S/C19H17NO4S/c1-13-3-7-16(8-4-13)25(21,22)20-14(2)5-9-17(20)15-6-10-18-19(11-15)24-12-23-18/h3-11H,12H2,1-2H3. The Morgan fingerprint density at radius 3 is 2.36 bits per heavy atom. The monoisotopic (exact) mass is 355 g/mol. The van der Waals surface area contributed by atoms with E-state index in [2.05, 4.69) is 0 Å². The molecule has 0 saturated carbocycles. The molecule has 0 aliphatic carbocycles. The number of ether oxygens (including phenoxy) is 2. The van der Waals surface area contributed by atoms with Gasteiger partial charge in [0, 0.05) is 11.3 Å². The van der Waals surface area contributed by atoms with Crippen molar-refractivity contribution < 1.29 is 17.9 Å². The molecule has 5 nitrogen and oxygen atoms in total. The van der Waals surface area contributed by atoms with Crippen LogP contribution in [-0.4, -0.2) is 19.2 Å². The first-order valence-corrected chi connectivity index (χ1v) is 9.31. The van der Waals surface area contributed by atoms with Crippen molar-refractivity contribution in [3.8, 4) is 22.8 Å². The first-order chi connectivity index (χ1) is 12.0. The summed E-state index contributed by atoms with van der Waals surface area (Å²) in [4.78, 5) is 0.263. The lowest BCUT2D eigenvalue weighted by molar-refractivity contribution is 0.174. The van der Waals surface area contributed by atoms with Gasteiger partial charge in [0.2, 0.25) is 6.79 Å². The van der Waals surface area contributed by atoms with Crippen LogP contribution in [0.25, 0.3) is 11.3 Å². The molecule has 0 radical (unpaired) electrons. The predicted molar refractivity (Wildman–Crippen MR) is 94.5 cm³/mol. The highest BCUT2D eigenvalue weighted by Gasteiger charge is 2.23. The van der Waals surface area contributed by atoms with E-state index in [1.54, 1.807) is 55.5 Å². The van der Waals surface area contributed by atoms with Crippen LogP contribution in [-0.2, 0) is 10.0 Å². The maximum absolute atomic E-state index is 13.2. The molecule has 0 saturated heterocycles. The summed E-state index contributed by atoms with van der Waals surface area (Å²) < 4.78 is 38.4. The van der Waals surface area contributed by atoms with Crippen LogP contribution in [0.15, 0.2) is 59.5 Å². The minimum absolute atomic E-state index is 0.181. The number of fused-ring (bicyclic) bond motifs is 1. The van der Waals surface area contributed by atoms with Crippen molar-refractivity contribution in [3.63, 3.8) is 0 Å². The molecule has 0 N–H and O–H groups in total. The largest absolute Gasteiger partial charge is 0.454 e. The Kier molecular flexibility index (Phi) is 3.58. The molecular weight excluding hydrogens is 338 g/mol. The zero-order valence-electron chi connectivity index (χ0n) is 13.9. The highest BCUT2D eigenvalue weighted by atomic mass is 32.2. The Labute approximate surface area is 146 Å².